The summed E-state index contributed by atoms with van der Waals surface area (Å²) in [7, 11) is -2.49. The maximum Gasteiger partial charge on any atom is 0.613 e. The number of fused-ring (bicyclic) bond motifs is 3. The minimum Gasteiger partial charge on any atom is -0.508 e. The first-order valence-corrected chi connectivity index (χ1v) is 39.9. The Hall–Kier alpha value is -9.87. The van der Waals surface area contributed by atoms with Gasteiger partial charge in [0.25, 0.3) is 0 Å². The minimum absolute atomic E-state index is 0.317. The molecule has 3 unspecified atom stereocenters. The molecule has 0 radical (unpaired) electrons. The summed E-state index contributed by atoms with van der Waals surface area (Å²) in [5, 5.41) is 73.4. The van der Waals surface area contributed by atoms with Crippen LogP contribution in [0.2, 0.25) is 0 Å². The predicted molar refractivity (Wildman–Crippen MR) is 419 cm³/mol. The summed E-state index contributed by atoms with van der Waals surface area (Å²) in [6.07, 6.45) is -4.92. The number of aliphatic hydroxyl groups excluding tert-OH is 3. The van der Waals surface area contributed by atoms with E-state index in [1.807, 2.05) is 18.2 Å². The Morgan fingerprint density at radius 3 is 0.846 bits per heavy atom. The molecule has 3 aromatic carbocycles. The smallest absolute Gasteiger partial charge is 0.508 e. The maximum absolute atomic E-state index is 15.5. The molecule has 3 aliphatic rings. The number of ether oxygens (including phenoxy) is 6. The van der Waals surface area contributed by atoms with Gasteiger partial charge in [0.2, 0.25) is 0 Å². The molecule has 18 atom stereocenters. The van der Waals surface area contributed by atoms with Gasteiger partial charge in [-0.1, -0.05) is 69.9 Å². The Morgan fingerprint density at radius 2 is 0.650 bits per heavy atom. The highest BCUT2D eigenvalue weighted by molar-refractivity contribution is 7.37. The quantitative estimate of drug-likeness (QED) is 0.0130. The van der Waals surface area contributed by atoms with Crippen molar-refractivity contribution in [2.45, 2.75) is 192 Å². The second-order valence-corrected chi connectivity index (χ2v) is 30.5. The summed E-state index contributed by atoms with van der Waals surface area (Å²) in [5.74, 6) is 0.580. The van der Waals surface area contributed by atoms with E-state index in [9.17, 15) is 43.4 Å². The van der Waals surface area contributed by atoms with Crippen molar-refractivity contribution in [3.63, 3.8) is 0 Å². The van der Waals surface area contributed by atoms with E-state index >= 15 is 13.2 Å². The fraction of sp³-hybridized carbons (Fsp3) is 0.500. The number of rotatable bonds is 27. The Labute approximate surface area is 673 Å². The van der Waals surface area contributed by atoms with Gasteiger partial charge in [0.15, 0.2) is 70.1 Å². The SMILES string of the molecule is CNc1ncnc2c1ncn2[C@@H]1O[C@H](CO[P+](=O)N[C@@H](C)C(=O)OC(C)C)[C@@H](O)[C@@]1(C)F.CNc1ncnc2c1ncn2[C@@H]1O[C@H](CO[P+](=O)N[C@@H](C)C(=O)OC(C)C)[C@@H](O)[C@@]1(C)F.CNc1ncnc2c1ncn2[C@@H]1O[C@H](CO[P+](=O)N[C@@H](C)C(=O)OC(C)C)[C@@H](O)[C@@]1(C)F.Oc1ccccc1.Oc1ccccc1.Oc1ccccc1. The molecule has 3 fully saturated rings. The Kier molecular flexibility index (Phi) is 35.1. The highest BCUT2D eigenvalue weighted by Crippen LogP contribution is 2.46. The number of aromatic nitrogens is 12. The van der Waals surface area contributed by atoms with E-state index in [1.54, 1.807) is 135 Å². The third-order valence-electron chi connectivity index (χ3n) is 17.0. The van der Waals surface area contributed by atoms with Crippen molar-refractivity contribution in [3.8, 4) is 17.2 Å². The lowest BCUT2D eigenvalue weighted by Gasteiger charge is -2.24. The number of imidazole rings is 3. The minimum atomic E-state index is -2.50. The van der Waals surface area contributed by atoms with Gasteiger partial charge in [-0.05, 0) is 133 Å². The summed E-state index contributed by atoms with van der Waals surface area (Å²) in [5.41, 5.74) is -4.47. The lowest BCUT2D eigenvalue weighted by molar-refractivity contribution is -0.149. The number of phenols is 3. The number of esters is 3. The number of hydrogen-bond acceptors (Lipinski definition) is 33. The van der Waals surface area contributed by atoms with E-state index in [-0.39, 0.29) is 38.1 Å². The van der Waals surface area contributed by atoms with Crippen LogP contribution in [0.1, 0.15) is 102 Å². The van der Waals surface area contributed by atoms with Crippen molar-refractivity contribution >= 4 is 93.4 Å². The number of para-hydroxylation sites is 3. The molecule has 6 aromatic heterocycles. The number of alkyl halides is 3. The lowest BCUT2D eigenvalue weighted by Crippen LogP contribution is -2.40. The van der Waals surface area contributed by atoms with Gasteiger partial charge >= 0.3 is 42.4 Å². The third-order valence-corrected chi connectivity index (χ3v) is 20.0. The molecule has 3 saturated heterocycles. The molecule has 39 nitrogen and oxygen atoms in total. The fourth-order valence-corrected chi connectivity index (χ4v) is 13.5. The van der Waals surface area contributed by atoms with Crippen LogP contribution in [0.15, 0.2) is 129 Å². The van der Waals surface area contributed by atoms with E-state index in [0.29, 0.717) is 68.2 Å². The lowest BCUT2D eigenvalue weighted by atomic mass is 9.98. The van der Waals surface area contributed by atoms with Gasteiger partial charge in [-0.3, -0.25) is 28.1 Å². The third kappa shape index (κ3) is 25.6. The zero-order chi connectivity index (χ0) is 86.2. The highest BCUT2D eigenvalue weighted by atomic mass is 31.1. The molecule has 9 aromatic rings. The molecule has 0 saturated carbocycles. The number of aliphatic hydroxyl groups is 3. The molecule has 3 aliphatic heterocycles. The van der Waals surface area contributed by atoms with Gasteiger partial charge in [0.05, 0.1) is 37.3 Å². The predicted octanol–water partition coefficient (Wildman–Crippen LogP) is 8.55. The van der Waals surface area contributed by atoms with Gasteiger partial charge in [0, 0.05) is 21.1 Å². The summed E-state index contributed by atoms with van der Waals surface area (Å²) in [4.78, 5) is 72.6. The van der Waals surface area contributed by atoms with E-state index in [0.717, 1.165) is 0 Å². The Bertz CT molecular complexity index is 4250. The zero-order valence-corrected chi connectivity index (χ0v) is 69.2. The largest absolute Gasteiger partial charge is 0.613 e. The van der Waals surface area contributed by atoms with E-state index in [4.69, 9.17) is 57.3 Å². The van der Waals surface area contributed by atoms with Crippen molar-refractivity contribution in [1.29, 1.82) is 0 Å². The van der Waals surface area contributed by atoms with Gasteiger partial charge in [-0.25, -0.2) is 58.0 Å². The van der Waals surface area contributed by atoms with Crippen molar-refractivity contribution < 1.29 is 114 Å². The van der Waals surface area contributed by atoms with E-state index in [1.165, 1.54) is 93.2 Å². The number of nitrogens with zero attached hydrogens (tertiary/aromatic N) is 12. The monoisotopic (exact) mass is 1700 g/mol. The first-order chi connectivity index (χ1) is 55.3. The number of nitrogens with one attached hydrogen (secondary N) is 6. The Balaban J connectivity index is 0.000000214. The van der Waals surface area contributed by atoms with Gasteiger partial charge < -0.3 is 75.0 Å². The second-order valence-electron chi connectivity index (χ2n) is 27.4. The molecule has 0 spiro atoms. The van der Waals surface area contributed by atoms with Crippen LogP contribution in [0.3, 0.4) is 0 Å². The molecular formula is C72H99F3N18O21P3+3. The molecular weight excluding hydrogens is 1600 g/mol. The number of aromatic hydroxyl groups is 3. The first-order valence-electron chi connectivity index (χ1n) is 36.4. The molecule has 45 heteroatoms. The number of carbonyl (C=O) groups is 3. The molecule has 636 valence electrons. The van der Waals surface area contributed by atoms with Crippen molar-refractivity contribution in [1.82, 2.24) is 73.8 Å². The van der Waals surface area contributed by atoms with Crippen LogP contribution in [-0.2, 0) is 70.1 Å². The summed E-state index contributed by atoms with van der Waals surface area (Å²) < 4.78 is 135. The summed E-state index contributed by atoms with van der Waals surface area (Å²) in [6, 6.07) is 23.5. The normalized spacial score (nSPS) is 23.7. The maximum atomic E-state index is 15.5. The Morgan fingerprint density at radius 1 is 0.419 bits per heavy atom. The number of anilines is 3. The molecule has 0 bridgehead atoms. The number of halogens is 3. The van der Waals surface area contributed by atoms with Crippen LogP contribution < -0.4 is 31.2 Å². The standard InChI is InChI=1S/3C18H27FN6O6P.3C6H6O/c3*1-9(2)30-16(27)10(3)24-32(28)29-6-11-13(26)18(4,19)17(31-11)25-8-23-12-14(20-5)21-7-22-15(12)25;3*7-6-4-2-1-3-5-6/h3*7-11,13,17,26H,6H2,1-5H3,(H,24,28)(H,20,21,22);3*1-5,7H/q3*+1;;;/t3*10-,11+,13+,17+,18+;;;/m000.../s1. The highest BCUT2D eigenvalue weighted by Gasteiger charge is 2.59. The molecule has 117 heavy (non-hydrogen) atoms. The van der Waals surface area contributed by atoms with Crippen LogP contribution >= 0.6 is 24.5 Å². The average Bonchev–Trinajstić information content (AvgIpc) is 1.61. The van der Waals surface area contributed by atoms with E-state index in [2.05, 4.69) is 76.1 Å². The first kappa shape index (κ1) is 94.3. The molecule has 0 amide bonds. The second kappa shape index (κ2) is 43.5. The van der Waals surface area contributed by atoms with Crippen LogP contribution in [-0.4, -0.2) is 238 Å². The number of carbonyl (C=O) groups excluding carboxylic acids is 3. The van der Waals surface area contributed by atoms with Gasteiger partial charge in [0.1, 0.15) is 127 Å². The van der Waals surface area contributed by atoms with Crippen molar-refractivity contribution in [3.05, 3.63) is 129 Å². The van der Waals surface area contributed by atoms with Crippen molar-refractivity contribution in [2.24, 2.45) is 0 Å². The molecule has 0 aliphatic carbocycles. The van der Waals surface area contributed by atoms with Crippen LogP contribution in [0.4, 0.5) is 30.6 Å². The number of phenolic OH excluding ortho intramolecular Hbond substituents is 3. The van der Waals surface area contributed by atoms with E-state index < -0.39 is 133 Å². The number of hydrogen-bond donors (Lipinski definition) is 12. The average molecular weight is 1700 g/mol. The molecule has 9 heterocycles. The molecule has 12 rings (SSSR count). The van der Waals surface area contributed by atoms with Crippen LogP contribution in [0.25, 0.3) is 33.5 Å². The molecule has 12 N–H and O–H groups in total. The van der Waals surface area contributed by atoms with Crippen LogP contribution in [0, 0.1) is 0 Å². The van der Waals surface area contributed by atoms with Crippen molar-refractivity contribution in [2.75, 3.05) is 56.9 Å². The summed E-state index contributed by atoms with van der Waals surface area (Å²) in [6.45, 7) is 17.0. The summed E-state index contributed by atoms with van der Waals surface area (Å²) >= 11 is 0. The topological polar surface area (TPSA) is 510 Å². The zero-order valence-electron chi connectivity index (χ0n) is 66.6. The van der Waals surface area contributed by atoms with Crippen LogP contribution in [0.5, 0.6) is 17.2 Å². The van der Waals surface area contributed by atoms with Gasteiger partial charge in [-0.2, -0.15) is 0 Å². The van der Waals surface area contributed by atoms with Gasteiger partial charge in [-0.15, -0.1) is 13.6 Å². The fourth-order valence-electron chi connectivity index (χ4n) is 11.1. The number of benzene rings is 3.